The number of benzene rings is 1. The van der Waals surface area contributed by atoms with Crippen molar-refractivity contribution >= 4 is 21.4 Å². The Hall–Kier alpha value is -2.20. The van der Waals surface area contributed by atoms with Gasteiger partial charge in [-0.05, 0) is 23.6 Å². The minimum Gasteiger partial charge on any atom is -0.496 e. The van der Waals surface area contributed by atoms with E-state index in [0.29, 0.717) is 36.9 Å². The van der Waals surface area contributed by atoms with Gasteiger partial charge in [0.15, 0.2) is 5.76 Å². The minimum absolute atomic E-state index is 0.401. The lowest BCUT2D eigenvalue weighted by molar-refractivity contribution is 0.166. The monoisotopic (exact) mass is 419 g/mol. The molecule has 0 aliphatic carbocycles. The summed E-state index contributed by atoms with van der Waals surface area (Å²) in [6, 6.07) is 13.0. The summed E-state index contributed by atoms with van der Waals surface area (Å²) in [6.07, 6.45) is 0. The molecule has 1 saturated heterocycles. The standard InChI is InChI=1S/C19H21N3O4S2/c1-25-18-6-3-2-5-16(18)17-13-15(26-20-17)14-21-8-10-22(11-9-21)28(23,24)19-7-4-12-27-19/h2-7,12-13H,8-11,14H2,1H3. The third kappa shape index (κ3) is 3.83. The Bertz CT molecular complexity index is 1020. The minimum atomic E-state index is -3.38. The van der Waals surface area contributed by atoms with Gasteiger partial charge in [-0.2, -0.15) is 4.31 Å². The molecular formula is C19H21N3O4S2. The second kappa shape index (κ2) is 8.04. The Labute approximate surface area is 168 Å². The number of para-hydroxylation sites is 1. The molecule has 148 valence electrons. The fourth-order valence-electron chi connectivity index (χ4n) is 3.26. The smallest absolute Gasteiger partial charge is 0.252 e. The van der Waals surface area contributed by atoms with Crippen LogP contribution in [0.3, 0.4) is 0 Å². The highest BCUT2D eigenvalue weighted by Crippen LogP contribution is 2.29. The lowest BCUT2D eigenvalue weighted by atomic mass is 10.1. The van der Waals surface area contributed by atoms with Crippen molar-refractivity contribution in [2.75, 3.05) is 33.3 Å². The van der Waals surface area contributed by atoms with E-state index in [1.165, 1.54) is 11.3 Å². The van der Waals surface area contributed by atoms with Crippen LogP contribution >= 0.6 is 11.3 Å². The van der Waals surface area contributed by atoms with Crippen molar-refractivity contribution in [1.82, 2.24) is 14.4 Å². The third-order valence-electron chi connectivity index (χ3n) is 4.74. The van der Waals surface area contributed by atoms with Crippen molar-refractivity contribution in [3.63, 3.8) is 0 Å². The summed E-state index contributed by atoms with van der Waals surface area (Å²) in [5, 5.41) is 5.95. The summed E-state index contributed by atoms with van der Waals surface area (Å²) in [5.41, 5.74) is 1.61. The largest absolute Gasteiger partial charge is 0.496 e. The average Bonchev–Trinajstić information content (AvgIpc) is 3.41. The molecule has 1 aromatic carbocycles. The molecule has 2 aromatic heterocycles. The van der Waals surface area contributed by atoms with Crippen LogP contribution in [-0.2, 0) is 16.6 Å². The Morgan fingerprint density at radius 3 is 2.64 bits per heavy atom. The lowest BCUT2D eigenvalue weighted by Crippen LogP contribution is -2.47. The molecule has 0 amide bonds. The van der Waals surface area contributed by atoms with E-state index < -0.39 is 10.0 Å². The third-order valence-corrected chi connectivity index (χ3v) is 8.01. The van der Waals surface area contributed by atoms with Crippen LogP contribution in [-0.4, -0.2) is 56.1 Å². The Morgan fingerprint density at radius 2 is 1.93 bits per heavy atom. The SMILES string of the molecule is COc1ccccc1-c1cc(CN2CCN(S(=O)(=O)c3cccs3)CC2)on1. The maximum absolute atomic E-state index is 12.6. The average molecular weight is 420 g/mol. The number of rotatable bonds is 6. The molecule has 0 radical (unpaired) electrons. The van der Waals surface area contributed by atoms with Gasteiger partial charge in [0.1, 0.15) is 15.7 Å². The number of nitrogens with zero attached hydrogens (tertiary/aromatic N) is 3. The molecule has 28 heavy (non-hydrogen) atoms. The highest BCUT2D eigenvalue weighted by atomic mass is 32.2. The van der Waals surface area contributed by atoms with Crippen molar-refractivity contribution < 1.29 is 17.7 Å². The highest BCUT2D eigenvalue weighted by molar-refractivity contribution is 7.91. The maximum Gasteiger partial charge on any atom is 0.252 e. The first-order valence-corrected chi connectivity index (χ1v) is 11.2. The predicted octanol–water partition coefficient (Wildman–Crippen LogP) is 2.92. The van der Waals surface area contributed by atoms with E-state index in [1.54, 1.807) is 28.9 Å². The Kier molecular flexibility index (Phi) is 5.49. The summed E-state index contributed by atoms with van der Waals surface area (Å²) in [7, 11) is -1.75. The number of sulfonamides is 1. The van der Waals surface area contributed by atoms with Gasteiger partial charge >= 0.3 is 0 Å². The first-order valence-electron chi connectivity index (χ1n) is 8.93. The number of hydrogen-bond acceptors (Lipinski definition) is 7. The predicted molar refractivity (Wildman–Crippen MR) is 107 cm³/mol. The first-order chi connectivity index (χ1) is 13.6. The summed E-state index contributed by atoms with van der Waals surface area (Å²) in [6.45, 7) is 2.82. The molecular weight excluding hydrogens is 398 g/mol. The number of methoxy groups -OCH3 is 1. The van der Waals surface area contributed by atoms with Gasteiger partial charge in [0.05, 0.1) is 13.7 Å². The number of aromatic nitrogens is 1. The molecule has 4 rings (SSSR count). The molecule has 0 unspecified atom stereocenters. The van der Waals surface area contributed by atoms with Crippen LogP contribution in [0.15, 0.2) is 56.6 Å². The quantitative estimate of drug-likeness (QED) is 0.612. The summed E-state index contributed by atoms with van der Waals surface area (Å²) in [4.78, 5) is 2.17. The molecule has 3 aromatic rings. The normalized spacial score (nSPS) is 16.3. The van der Waals surface area contributed by atoms with Crippen LogP contribution in [0.2, 0.25) is 0 Å². The van der Waals surface area contributed by atoms with E-state index in [0.717, 1.165) is 22.8 Å². The van der Waals surface area contributed by atoms with E-state index in [1.807, 2.05) is 30.3 Å². The Balaban J connectivity index is 1.39. The van der Waals surface area contributed by atoms with Crippen molar-refractivity contribution in [3.8, 4) is 17.0 Å². The van der Waals surface area contributed by atoms with Gasteiger partial charge in [0.25, 0.3) is 10.0 Å². The van der Waals surface area contributed by atoms with Crippen molar-refractivity contribution in [3.05, 3.63) is 53.6 Å². The van der Waals surface area contributed by atoms with Gasteiger partial charge in [-0.15, -0.1) is 11.3 Å². The van der Waals surface area contributed by atoms with Gasteiger partial charge < -0.3 is 9.26 Å². The number of piperazine rings is 1. The molecule has 0 spiro atoms. The fraction of sp³-hybridized carbons (Fsp3) is 0.316. The van der Waals surface area contributed by atoms with Crippen LogP contribution in [0, 0.1) is 0 Å². The molecule has 0 bridgehead atoms. The molecule has 7 nitrogen and oxygen atoms in total. The fourth-order valence-corrected chi connectivity index (χ4v) is 5.82. The van der Waals surface area contributed by atoms with Gasteiger partial charge in [-0.3, -0.25) is 4.90 Å². The zero-order valence-electron chi connectivity index (χ0n) is 15.4. The van der Waals surface area contributed by atoms with E-state index in [2.05, 4.69) is 10.1 Å². The first kappa shape index (κ1) is 19.1. The van der Waals surface area contributed by atoms with Crippen LogP contribution < -0.4 is 4.74 Å². The zero-order valence-corrected chi connectivity index (χ0v) is 17.1. The van der Waals surface area contributed by atoms with Gasteiger partial charge in [-0.1, -0.05) is 23.4 Å². The molecule has 1 aliphatic rings. The summed E-state index contributed by atoms with van der Waals surface area (Å²) < 4.78 is 38.1. The van der Waals surface area contributed by atoms with Gasteiger partial charge in [0, 0.05) is 37.8 Å². The van der Waals surface area contributed by atoms with Crippen LogP contribution in [0.25, 0.3) is 11.3 Å². The van der Waals surface area contributed by atoms with Crippen molar-refractivity contribution in [2.24, 2.45) is 0 Å². The summed E-state index contributed by atoms with van der Waals surface area (Å²) >= 11 is 1.25. The van der Waals surface area contributed by atoms with Crippen LogP contribution in [0.4, 0.5) is 0 Å². The molecule has 3 heterocycles. The zero-order chi connectivity index (χ0) is 19.6. The second-order valence-electron chi connectivity index (χ2n) is 6.49. The topological polar surface area (TPSA) is 75.9 Å². The lowest BCUT2D eigenvalue weighted by Gasteiger charge is -2.32. The number of thiophene rings is 1. The van der Waals surface area contributed by atoms with E-state index >= 15 is 0 Å². The van der Waals surface area contributed by atoms with E-state index in [4.69, 9.17) is 9.26 Å². The van der Waals surface area contributed by atoms with Gasteiger partial charge in [0.2, 0.25) is 0 Å². The molecule has 0 saturated carbocycles. The van der Waals surface area contributed by atoms with Crippen LogP contribution in [0.1, 0.15) is 5.76 Å². The van der Waals surface area contributed by atoms with E-state index in [9.17, 15) is 8.42 Å². The van der Waals surface area contributed by atoms with Crippen molar-refractivity contribution in [2.45, 2.75) is 10.8 Å². The van der Waals surface area contributed by atoms with Crippen molar-refractivity contribution in [1.29, 1.82) is 0 Å². The number of ether oxygens (including phenoxy) is 1. The molecule has 9 heteroatoms. The Morgan fingerprint density at radius 1 is 1.14 bits per heavy atom. The number of hydrogen-bond donors (Lipinski definition) is 0. The summed E-state index contributed by atoms with van der Waals surface area (Å²) in [5.74, 6) is 1.49. The van der Waals surface area contributed by atoms with E-state index in [-0.39, 0.29) is 0 Å². The molecule has 0 N–H and O–H groups in total. The molecule has 1 aliphatic heterocycles. The molecule has 0 atom stereocenters. The second-order valence-corrected chi connectivity index (χ2v) is 9.60. The molecule has 1 fully saturated rings. The van der Waals surface area contributed by atoms with Crippen LogP contribution in [0.5, 0.6) is 5.75 Å². The maximum atomic E-state index is 12.6. The highest BCUT2D eigenvalue weighted by Gasteiger charge is 2.29. The van der Waals surface area contributed by atoms with Gasteiger partial charge in [-0.25, -0.2) is 8.42 Å².